The van der Waals surface area contributed by atoms with E-state index in [2.05, 4.69) is 6.92 Å². The molecule has 3 nitrogen and oxygen atoms in total. The average molecular weight is 273 g/mol. The molecule has 0 fully saturated rings. The molecule has 0 N–H and O–H groups in total. The van der Waals surface area contributed by atoms with Crippen LogP contribution in [0.1, 0.15) is 35.0 Å². The smallest absolute Gasteiger partial charge is 0.270 e. The van der Waals surface area contributed by atoms with Gasteiger partial charge in [-0.25, -0.2) is 0 Å². The molecule has 0 spiro atoms. The molecule has 0 atom stereocenters. The Morgan fingerprint density at radius 3 is 2.84 bits per heavy atom. The first-order valence-corrected chi connectivity index (χ1v) is 7.39. The number of rotatable bonds is 3. The molecule has 0 bridgehead atoms. The Balaban J connectivity index is 2.05. The maximum absolute atomic E-state index is 12.4. The number of unbranched alkanes of at least 4 members (excludes halogenated alkanes) is 1. The van der Waals surface area contributed by atoms with Crippen LogP contribution in [0.4, 0.5) is 0 Å². The number of carbonyl (C=O) groups is 2. The fraction of sp³-hybridized carbons (Fsp3) is 0.333. The van der Waals surface area contributed by atoms with Gasteiger partial charge in [-0.2, -0.15) is 0 Å². The van der Waals surface area contributed by atoms with Crippen LogP contribution in [0.15, 0.2) is 24.3 Å². The van der Waals surface area contributed by atoms with Gasteiger partial charge in [0.2, 0.25) is 5.91 Å². The van der Waals surface area contributed by atoms with Gasteiger partial charge in [0, 0.05) is 11.2 Å². The second-order valence-corrected chi connectivity index (χ2v) is 5.84. The van der Waals surface area contributed by atoms with Gasteiger partial charge in [-0.15, -0.1) is 11.3 Å². The first kappa shape index (κ1) is 12.4. The van der Waals surface area contributed by atoms with Gasteiger partial charge in [0.1, 0.15) is 0 Å². The number of hydrogen-bond donors (Lipinski definition) is 0. The number of thiophene rings is 1. The van der Waals surface area contributed by atoms with Gasteiger partial charge in [0.15, 0.2) is 0 Å². The van der Waals surface area contributed by atoms with E-state index in [1.54, 1.807) is 0 Å². The third-order valence-corrected chi connectivity index (χ3v) is 4.70. The van der Waals surface area contributed by atoms with E-state index in [0.717, 1.165) is 33.4 Å². The van der Waals surface area contributed by atoms with Crippen molar-refractivity contribution in [1.29, 1.82) is 0 Å². The quantitative estimate of drug-likeness (QED) is 0.805. The van der Waals surface area contributed by atoms with E-state index in [1.165, 1.54) is 16.2 Å². The number of amides is 2. The fourth-order valence-corrected chi connectivity index (χ4v) is 3.64. The Morgan fingerprint density at radius 2 is 2.05 bits per heavy atom. The highest BCUT2D eigenvalue weighted by atomic mass is 32.1. The van der Waals surface area contributed by atoms with Crippen LogP contribution < -0.4 is 0 Å². The molecule has 98 valence electrons. The first-order chi connectivity index (χ1) is 9.22. The van der Waals surface area contributed by atoms with Crippen molar-refractivity contribution < 1.29 is 9.59 Å². The minimum atomic E-state index is -0.110. The van der Waals surface area contributed by atoms with E-state index in [-0.39, 0.29) is 11.8 Å². The number of hydrogen-bond acceptors (Lipinski definition) is 3. The summed E-state index contributed by atoms with van der Waals surface area (Å²) in [6.07, 6.45) is 2.21. The van der Waals surface area contributed by atoms with Gasteiger partial charge in [-0.3, -0.25) is 14.5 Å². The van der Waals surface area contributed by atoms with Crippen LogP contribution >= 0.6 is 11.3 Å². The zero-order chi connectivity index (χ0) is 13.4. The number of carbonyl (C=O) groups excluding carboxylic acids is 2. The second-order valence-electron chi connectivity index (χ2n) is 4.79. The lowest BCUT2D eigenvalue weighted by atomic mass is 10.0. The number of fused-ring (bicyclic) bond motifs is 3. The predicted molar refractivity (Wildman–Crippen MR) is 76.5 cm³/mol. The molecule has 0 radical (unpaired) electrons. The van der Waals surface area contributed by atoms with Crippen molar-refractivity contribution in [3.8, 4) is 0 Å². The summed E-state index contributed by atoms with van der Waals surface area (Å²) >= 11 is 1.50. The van der Waals surface area contributed by atoms with Gasteiger partial charge in [-0.1, -0.05) is 31.5 Å². The minimum Gasteiger partial charge on any atom is -0.278 e. The maximum atomic E-state index is 12.4. The molecular formula is C15H15NO2S. The molecule has 0 saturated carbocycles. The normalized spacial score (nSPS) is 15.1. The third kappa shape index (κ3) is 1.96. The summed E-state index contributed by atoms with van der Waals surface area (Å²) in [5.41, 5.74) is 0.920. The van der Waals surface area contributed by atoms with Crippen molar-refractivity contribution in [1.82, 2.24) is 4.90 Å². The van der Waals surface area contributed by atoms with E-state index in [9.17, 15) is 9.59 Å². The summed E-state index contributed by atoms with van der Waals surface area (Å²) in [5, 5.41) is 1.05. The van der Waals surface area contributed by atoms with Crippen molar-refractivity contribution in [2.45, 2.75) is 26.2 Å². The van der Waals surface area contributed by atoms with Crippen molar-refractivity contribution in [3.05, 3.63) is 34.7 Å². The molecule has 1 aromatic heterocycles. The lowest BCUT2D eigenvalue weighted by molar-refractivity contribution is -0.128. The SMILES string of the molecule is CCCCN1C(=O)Cc2c(sc3ccccc23)C1=O. The Kier molecular flexibility index (Phi) is 3.11. The van der Waals surface area contributed by atoms with Crippen LogP contribution in [0.2, 0.25) is 0 Å². The number of imide groups is 1. The van der Waals surface area contributed by atoms with Crippen molar-refractivity contribution in [2.24, 2.45) is 0 Å². The van der Waals surface area contributed by atoms with Gasteiger partial charge in [-0.05, 0) is 23.4 Å². The minimum absolute atomic E-state index is 0.0606. The van der Waals surface area contributed by atoms with Crippen LogP contribution in [-0.4, -0.2) is 23.3 Å². The molecule has 0 saturated heterocycles. The molecule has 2 aromatic rings. The largest absolute Gasteiger partial charge is 0.278 e. The molecule has 19 heavy (non-hydrogen) atoms. The molecule has 0 aliphatic carbocycles. The van der Waals surface area contributed by atoms with Gasteiger partial charge in [0.05, 0.1) is 11.3 Å². The van der Waals surface area contributed by atoms with Crippen molar-refractivity contribution in [3.63, 3.8) is 0 Å². The summed E-state index contributed by atoms with van der Waals surface area (Å²) in [7, 11) is 0. The molecule has 2 heterocycles. The maximum Gasteiger partial charge on any atom is 0.270 e. The van der Waals surface area contributed by atoms with Crippen molar-refractivity contribution in [2.75, 3.05) is 6.54 Å². The summed E-state index contributed by atoms with van der Waals surface area (Å²) in [5.74, 6) is -0.171. The Morgan fingerprint density at radius 1 is 1.26 bits per heavy atom. The molecule has 3 rings (SSSR count). The van der Waals surface area contributed by atoms with E-state index >= 15 is 0 Å². The van der Waals surface area contributed by atoms with E-state index in [0.29, 0.717) is 13.0 Å². The highest BCUT2D eigenvalue weighted by Gasteiger charge is 2.33. The summed E-state index contributed by atoms with van der Waals surface area (Å²) in [6, 6.07) is 7.92. The molecule has 1 aliphatic rings. The monoisotopic (exact) mass is 273 g/mol. The Bertz CT molecular complexity index is 659. The van der Waals surface area contributed by atoms with Gasteiger partial charge >= 0.3 is 0 Å². The average Bonchev–Trinajstić information content (AvgIpc) is 2.78. The molecule has 2 amide bonds. The molecule has 1 aliphatic heterocycles. The second kappa shape index (κ2) is 4.78. The molecular weight excluding hydrogens is 258 g/mol. The summed E-state index contributed by atoms with van der Waals surface area (Å²) in [4.78, 5) is 26.7. The number of benzene rings is 1. The van der Waals surface area contributed by atoms with Crippen LogP contribution in [0, 0.1) is 0 Å². The standard InChI is InChI=1S/C15H15NO2S/c1-2-3-8-16-13(17)9-11-10-6-4-5-7-12(10)19-14(11)15(16)18/h4-7H,2-3,8-9H2,1H3. The fourth-order valence-electron chi connectivity index (χ4n) is 2.47. The predicted octanol–water partition coefficient (Wildman–Crippen LogP) is 3.23. The van der Waals surface area contributed by atoms with Crippen LogP contribution in [0.3, 0.4) is 0 Å². The zero-order valence-corrected chi connectivity index (χ0v) is 11.6. The molecule has 0 unspecified atom stereocenters. The van der Waals surface area contributed by atoms with Gasteiger partial charge < -0.3 is 0 Å². The molecule has 4 heteroatoms. The highest BCUT2D eigenvalue weighted by Crippen LogP contribution is 2.35. The topological polar surface area (TPSA) is 37.4 Å². The van der Waals surface area contributed by atoms with E-state index < -0.39 is 0 Å². The first-order valence-electron chi connectivity index (χ1n) is 6.57. The highest BCUT2D eigenvalue weighted by molar-refractivity contribution is 7.21. The van der Waals surface area contributed by atoms with Gasteiger partial charge in [0.25, 0.3) is 5.91 Å². The third-order valence-electron chi connectivity index (χ3n) is 3.50. The van der Waals surface area contributed by atoms with E-state index in [4.69, 9.17) is 0 Å². The van der Waals surface area contributed by atoms with Crippen molar-refractivity contribution >= 4 is 33.2 Å². The van der Waals surface area contributed by atoms with E-state index in [1.807, 2.05) is 24.3 Å². The van der Waals surface area contributed by atoms with Crippen LogP contribution in [-0.2, 0) is 11.2 Å². The number of nitrogens with zero attached hydrogens (tertiary/aromatic N) is 1. The lowest BCUT2D eigenvalue weighted by Gasteiger charge is -2.24. The Hall–Kier alpha value is -1.68. The lowest BCUT2D eigenvalue weighted by Crippen LogP contribution is -2.42. The zero-order valence-electron chi connectivity index (χ0n) is 10.8. The Labute approximate surface area is 115 Å². The summed E-state index contributed by atoms with van der Waals surface area (Å²) < 4.78 is 1.09. The van der Waals surface area contributed by atoms with Crippen LogP contribution in [0.5, 0.6) is 0 Å². The summed E-state index contributed by atoms with van der Waals surface area (Å²) in [6.45, 7) is 2.60. The molecule has 1 aromatic carbocycles. The van der Waals surface area contributed by atoms with Crippen LogP contribution in [0.25, 0.3) is 10.1 Å².